The Morgan fingerprint density at radius 3 is 2.32 bits per heavy atom. The van der Waals surface area contributed by atoms with Crippen LogP contribution in [0.3, 0.4) is 0 Å². The molecule has 7 nitrogen and oxygen atoms in total. The summed E-state index contributed by atoms with van der Waals surface area (Å²) in [6.45, 7) is 7.00. The lowest BCUT2D eigenvalue weighted by atomic mass is 10.0. The molecule has 0 N–H and O–H groups in total. The van der Waals surface area contributed by atoms with Crippen molar-refractivity contribution in [1.29, 1.82) is 0 Å². The van der Waals surface area contributed by atoms with E-state index in [-0.39, 0.29) is 17.3 Å². The maximum atomic E-state index is 13.7. The van der Waals surface area contributed by atoms with Crippen LogP contribution in [0.2, 0.25) is 0 Å². The van der Waals surface area contributed by atoms with Crippen LogP contribution >= 0.6 is 0 Å². The lowest BCUT2D eigenvalue weighted by molar-refractivity contribution is 0.0743. The fraction of sp³-hybridized carbons (Fsp3) is 0.407. The highest BCUT2D eigenvalue weighted by Crippen LogP contribution is 2.42. The van der Waals surface area contributed by atoms with E-state index in [2.05, 4.69) is 9.47 Å². The van der Waals surface area contributed by atoms with Gasteiger partial charge in [-0.15, -0.1) is 0 Å². The molecule has 0 atom stereocenters. The Bertz CT molecular complexity index is 1250. The minimum Gasteiger partial charge on any atom is -0.497 e. The number of aromatic nitrogens is 1. The summed E-state index contributed by atoms with van der Waals surface area (Å²) in [5.41, 5.74) is 3.02. The first-order valence-electron chi connectivity index (χ1n) is 11.9. The zero-order chi connectivity index (χ0) is 23.8. The number of anilines is 1. The predicted molar refractivity (Wildman–Crippen MR) is 131 cm³/mol. The fourth-order valence-electron chi connectivity index (χ4n) is 4.84. The van der Waals surface area contributed by atoms with Gasteiger partial charge in [-0.1, -0.05) is 0 Å². The molecule has 5 rings (SSSR count). The molecule has 2 fully saturated rings. The second kappa shape index (κ2) is 9.05. The molecular formula is C27H31N3O4. The Morgan fingerprint density at radius 1 is 1.03 bits per heavy atom. The van der Waals surface area contributed by atoms with Crippen molar-refractivity contribution in [2.45, 2.75) is 39.2 Å². The minimum absolute atomic E-state index is 0.148. The van der Waals surface area contributed by atoms with Crippen molar-refractivity contribution in [3.05, 3.63) is 81.2 Å². The zero-order valence-electron chi connectivity index (χ0n) is 20.0. The van der Waals surface area contributed by atoms with E-state index in [9.17, 15) is 9.59 Å². The van der Waals surface area contributed by atoms with Crippen LogP contribution in [0, 0.1) is 13.8 Å². The Balaban J connectivity index is 1.39. The van der Waals surface area contributed by atoms with Crippen LogP contribution < -0.4 is 15.1 Å². The summed E-state index contributed by atoms with van der Waals surface area (Å²) in [5.74, 6) is 2.62. The highest BCUT2D eigenvalue weighted by molar-refractivity contribution is 5.95. The lowest BCUT2D eigenvalue weighted by Crippen LogP contribution is -2.50. The van der Waals surface area contributed by atoms with Gasteiger partial charge in [-0.2, -0.15) is 0 Å². The van der Waals surface area contributed by atoms with Crippen molar-refractivity contribution in [3.63, 3.8) is 0 Å². The third-order valence-electron chi connectivity index (χ3n) is 6.85. The number of aryl methyl sites for hydroxylation is 2. The second-order valence-corrected chi connectivity index (χ2v) is 9.26. The lowest BCUT2D eigenvalue weighted by Gasteiger charge is -2.36. The van der Waals surface area contributed by atoms with Crippen LogP contribution in [0.4, 0.5) is 5.69 Å². The molecule has 0 unspecified atom stereocenters. The van der Waals surface area contributed by atoms with E-state index in [1.54, 1.807) is 13.2 Å². The summed E-state index contributed by atoms with van der Waals surface area (Å²) in [7, 11) is 1.66. The highest BCUT2D eigenvalue weighted by Gasteiger charge is 2.35. The van der Waals surface area contributed by atoms with E-state index in [1.165, 1.54) is 0 Å². The summed E-state index contributed by atoms with van der Waals surface area (Å²) in [6.07, 6.45) is 2.01. The van der Waals surface area contributed by atoms with Gasteiger partial charge in [0.05, 0.1) is 13.7 Å². The molecule has 0 spiro atoms. The van der Waals surface area contributed by atoms with Gasteiger partial charge in [0.2, 0.25) is 0 Å². The summed E-state index contributed by atoms with van der Waals surface area (Å²) in [5, 5.41) is 0. The zero-order valence-corrected chi connectivity index (χ0v) is 20.0. The third-order valence-corrected chi connectivity index (χ3v) is 6.85. The van der Waals surface area contributed by atoms with Crippen LogP contribution in [-0.2, 0) is 6.54 Å². The Morgan fingerprint density at radius 2 is 1.74 bits per heavy atom. The van der Waals surface area contributed by atoms with Gasteiger partial charge in [0.1, 0.15) is 22.8 Å². The normalized spacial score (nSPS) is 16.1. The molecule has 1 saturated heterocycles. The van der Waals surface area contributed by atoms with E-state index in [4.69, 9.17) is 9.15 Å². The van der Waals surface area contributed by atoms with Gasteiger partial charge in [-0.25, -0.2) is 0 Å². The number of hydrogen-bond donors (Lipinski definition) is 0. The molecule has 2 aromatic heterocycles. The summed E-state index contributed by atoms with van der Waals surface area (Å²) in [4.78, 5) is 30.9. The Hall–Kier alpha value is -3.48. The summed E-state index contributed by atoms with van der Waals surface area (Å²) >= 11 is 0. The summed E-state index contributed by atoms with van der Waals surface area (Å²) in [6, 6.07) is 13.5. The molecule has 1 saturated carbocycles. The van der Waals surface area contributed by atoms with Gasteiger partial charge in [-0.05, 0) is 63.1 Å². The molecule has 2 aliphatic rings. The number of hydrogen-bond acceptors (Lipinski definition) is 5. The van der Waals surface area contributed by atoms with E-state index in [0.717, 1.165) is 60.3 Å². The van der Waals surface area contributed by atoms with E-state index in [0.29, 0.717) is 25.2 Å². The molecule has 3 heterocycles. The molecule has 178 valence electrons. The third kappa shape index (κ3) is 4.34. The Labute approximate surface area is 199 Å². The number of carbonyl (C=O) groups excluding carboxylic acids is 1. The molecule has 1 aromatic carbocycles. The maximum absolute atomic E-state index is 13.7. The molecule has 0 bridgehead atoms. The average Bonchev–Trinajstić information content (AvgIpc) is 3.61. The van der Waals surface area contributed by atoms with Crippen molar-refractivity contribution in [3.8, 4) is 5.75 Å². The number of methoxy groups -OCH3 is 1. The first-order chi connectivity index (χ1) is 16.4. The molecule has 3 aromatic rings. The molecule has 34 heavy (non-hydrogen) atoms. The van der Waals surface area contributed by atoms with Gasteiger partial charge in [0.15, 0.2) is 5.43 Å². The fourth-order valence-corrected chi connectivity index (χ4v) is 4.84. The van der Waals surface area contributed by atoms with Crippen LogP contribution in [0.15, 0.2) is 51.7 Å². The van der Waals surface area contributed by atoms with Gasteiger partial charge < -0.3 is 23.5 Å². The largest absolute Gasteiger partial charge is 0.497 e. The SMILES string of the molecule is COc1ccc(N2CCN(C(=O)c3c(C4CC4)n(Cc4ccc(C)o4)c(C)cc3=O)CC2)cc1. The number of nitrogens with zero attached hydrogens (tertiary/aromatic N) is 3. The monoisotopic (exact) mass is 461 g/mol. The number of amides is 1. The van der Waals surface area contributed by atoms with Crippen molar-refractivity contribution in [2.24, 2.45) is 0 Å². The molecule has 0 radical (unpaired) electrons. The van der Waals surface area contributed by atoms with Crippen LogP contribution in [0.25, 0.3) is 0 Å². The van der Waals surface area contributed by atoms with Gasteiger partial charge in [0, 0.05) is 55.2 Å². The molecule has 1 amide bonds. The van der Waals surface area contributed by atoms with Gasteiger partial charge in [-0.3, -0.25) is 9.59 Å². The van der Waals surface area contributed by atoms with E-state index in [1.807, 2.05) is 55.1 Å². The molecule has 7 heteroatoms. The second-order valence-electron chi connectivity index (χ2n) is 9.26. The molecular weight excluding hydrogens is 430 g/mol. The van der Waals surface area contributed by atoms with Crippen LogP contribution in [0.1, 0.15) is 52.0 Å². The number of carbonyl (C=O) groups is 1. The first-order valence-corrected chi connectivity index (χ1v) is 11.9. The number of benzene rings is 1. The number of piperazine rings is 1. The molecule has 1 aliphatic carbocycles. The van der Waals surface area contributed by atoms with Crippen molar-refractivity contribution < 1.29 is 13.9 Å². The van der Waals surface area contributed by atoms with Crippen molar-refractivity contribution >= 4 is 11.6 Å². The summed E-state index contributed by atoms with van der Waals surface area (Å²) < 4.78 is 13.2. The maximum Gasteiger partial charge on any atom is 0.259 e. The van der Waals surface area contributed by atoms with Crippen LogP contribution in [-0.4, -0.2) is 48.7 Å². The predicted octanol–water partition coefficient (Wildman–Crippen LogP) is 3.95. The van der Waals surface area contributed by atoms with E-state index >= 15 is 0 Å². The number of ether oxygens (including phenoxy) is 1. The minimum atomic E-state index is -0.172. The number of pyridine rings is 1. The number of furan rings is 1. The van der Waals surface area contributed by atoms with Crippen molar-refractivity contribution in [1.82, 2.24) is 9.47 Å². The van der Waals surface area contributed by atoms with Gasteiger partial charge in [0.25, 0.3) is 5.91 Å². The van der Waals surface area contributed by atoms with E-state index < -0.39 is 0 Å². The smallest absolute Gasteiger partial charge is 0.259 e. The first kappa shape index (κ1) is 22.3. The standard InChI is InChI=1S/C27H31N3O4/c1-18-16-24(31)25(26(20-5-6-20)30(18)17-23-9-4-19(2)34-23)27(32)29-14-12-28(13-15-29)21-7-10-22(33-3)11-8-21/h4,7-11,16,20H,5-6,12-15,17H2,1-3H3. The highest BCUT2D eigenvalue weighted by atomic mass is 16.5. The Kier molecular flexibility index (Phi) is 5.94. The van der Waals surface area contributed by atoms with Gasteiger partial charge >= 0.3 is 0 Å². The average molecular weight is 462 g/mol. The topological polar surface area (TPSA) is 67.9 Å². The van der Waals surface area contributed by atoms with Crippen LogP contribution in [0.5, 0.6) is 5.75 Å². The molecule has 1 aliphatic heterocycles. The quantitative estimate of drug-likeness (QED) is 0.556. The number of rotatable bonds is 6. The van der Waals surface area contributed by atoms with Crippen molar-refractivity contribution in [2.75, 3.05) is 38.2 Å².